The first-order chi connectivity index (χ1) is 10.6. The molecule has 0 saturated heterocycles. The zero-order chi connectivity index (χ0) is 15.5. The van der Waals surface area contributed by atoms with Gasteiger partial charge in [0.1, 0.15) is 12.1 Å². The van der Waals surface area contributed by atoms with Gasteiger partial charge in [0.2, 0.25) is 0 Å². The van der Waals surface area contributed by atoms with Gasteiger partial charge >= 0.3 is 5.69 Å². The van der Waals surface area contributed by atoms with E-state index in [9.17, 15) is 9.59 Å². The number of aromatic nitrogens is 3. The van der Waals surface area contributed by atoms with Crippen LogP contribution in [0.15, 0.2) is 62.8 Å². The number of anilines is 1. The van der Waals surface area contributed by atoms with Crippen molar-refractivity contribution < 1.29 is 4.52 Å². The predicted molar refractivity (Wildman–Crippen MR) is 81.2 cm³/mol. The Balaban J connectivity index is 1.91. The summed E-state index contributed by atoms with van der Waals surface area (Å²) in [4.78, 5) is 26.8. The molecule has 0 aliphatic carbocycles. The van der Waals surface area contributed by atoms with Crippen molar-refractivity contribution in [2.24, 2.45) is 0 Å². The first kappa shape index (κ1) is 13.9. The lowest BCUT2D eigenvalue weighted by Crippen LogP contribution is -2.34. The van der Waals surface area contributed by atoms with Crippen LogP contribution in [0.2, 0.25) is 0 Å². The lowest BCUT2D eigenvalue weighted by atomic mass is 10.1. The second-order valence-corrected chi connectivity index (χ2v) is 4.80. The van der Waals surface area contributed by atoms with Gasteiger partial charge in [0.25, 0.3) is 5.56 Å². The number of nitrogens with one attached hydrogen (secondary N) is 2. The first-order valence-corrected chi connectivity index (χ1v) is 6.74. The van der Waals surface area contributed by atoms with Crippen molar-refractivity contribution in [3.05, 3.63) is 75.1 Å². The molecule has 0 aliphatic rings. The Morgan fingerprint density at radius 2 is 2.00 bits per heavy atom. The van der Waals surface area contributed by atoms with Gasteiger partial charge in [0, 0.05) is 18.2 Å². The van der Waals surface area contributed by atoms with Crippen LogP contribution in [0.4, 0.5) is 5.82 Å². The Morgan fingerprint density at radius 3 is 2.64 bits per heavy atom. The van der Waals surface area contributed by atoms with Crippen LogP contribution in [0.3, 0.4) is 0 Å². The van der Waals surface area contributed by atoms with Crippen molar-refractivity contribution in [1.29, 1.82) is 0 Å². The SMILES string of the molecule is CC(Nc1cc(=O)n(-c2ccon2)c(=O)[nH]1)c1ccccc1. The van der Waals surface area contributed by atoms with Gasteiger partial charge in [-0.1, -0.05) is 35.5 Å². The number of hydrogen-bond acceptors (Lipinski definition) is 5. The van der Waals surface area contributed by atoms with E-state index in [0.717, 1.165) is 10.1 Å². The Hall–Kier alpha value is -3.09. The minimum atomic E-state index is -0.579. The molecule has 0 aliphatic heterocycles. The lowest BCUT2D eigenvalue weighted by Gasteiger charge is -2.15. The zero-order valence-corrected chi connectivity index (χ0v) is 11.8. The maximum Gasteiger partial charge on any atom is 0.335 e. The summed E-state index contributed by atoms with van der Waals surface area (Å²) in [5.41, 5.74) is -0.0198. The van der Waals surface area contributed by atoms with Gasteiger partial charge in [-0.15, -0.1) is 0 Å². The van der Waals surface area contributed by atoms with Gasteiger partial charge in [-0.25, -0.2) is 9.36 Å². The maximum absolute atomic E-state index is 12.1. The molecule has 0 spiro atoms. The fourth-order valence-corrected chi connectivity index (χ4v) is 2.17. The smallest absolute Gasteiger partial charge is 0.335 e. The van der Waals surface area contributed by atoms with Crippen molar-refractivity contribution in [2.75, 3.05) is 5.32 Å². The molecule has 3 aromatic rings. The summed E-state index contributed by atoms with van der Waals surface area (Å²) in [7, 11) is 0. The number of nitrogens with zero attached hydrogens (tertiary/aromatic N) is 2. The highest BCUT2D eigenvalue weighted by Gasteiger charge is 2.11. The first-order valence-electron chi connectivity index (χ1n) is 6.74. The summed E-state index contributed by atoms with van der Waals surface area (Å²) in [6, 6.07) is 12.4. The van der Waals surface area contributed by atoms with E-state index in [1.807, 2.05) is 37.3 Å². The van der Waals surface area contributed by atoms with Gasteiger partial charge in [-0.3, -0.25) is 9.78 Å². The van der Waals surface area contributed by atoms with Gasteiger partial charge in [-0.05, 0) is 12.5 Å². The van der Waals surface area contributed by atoms with E-state index in [4.69, 9.17) is 0 Å². The number of aromatic amines is 1. The molecule has 7 nitrogen and oxygen atoms in total. The van der Waals surface area contributed by atoms with Crippen LogP contribution in [0, 0.1) is 0 Å². The normalized spacial score (nSPS) is 12.0. The average Bonchev–Trinajstić information content (AvgIpc) is 3.01. The van der Waals surface area contributed by atoms with Gasteiger partial charge < -0.3 is 9.84 Å². The van der Waals surface area contributed by atoms with E-state index < -0.39 is 11.2 Å². The molecule has 0 bridgehead atoms. The molecule has 2 heterocycles. The summed E-state index contributed by atoms with van der Waals surface area (Å²) in [6.45, 7) is 1.94. The molecule has 7 heteroatoms. The van der Waals surface area contributed by atoms with Crippen LogP contribution < -0.4 is 16.6 Å². The molecule has 1 atom stereocenters. The topological polar surface area (TPSA) is 92.9 Å². The zero-order valence-electron chi connectivity index (χ0n) is 11.8. The predicted octanol–water partition coefficient (Wildman–Crippen LogP) is 1.69. The quantitative estimate of drug-likeness (QED) is 0.764. The second kappa shape index (κ2) is 5.72. The molecule has 0 saturated carbocycles. The highest BCUT2D eigenvalue weighted by molar-refractivity contribution is 5.37. The van der Waals surface area contributed by atoms with Crippen LogP contribution in [0.25, 0.3) is 5.82 Å². The average molecular weight is 298 g/mol. The van der Waals surface area contributed by atoms with Crippen LogP contribution in [0.1, 0.15) is 18.5 Å². The van der Waals surface area contributed by atoms with Crippen molar-refractivity contribution in [3.63, 3.8) is 0 Å². The Labute approximate surface area is 125 Å². The summed E-state index contributed by atoms with van der Waals surface area (Å²) in [5, 5.41) is 6.69. The van der Waals surface area contributed by atoms with Crippen LogP contribution >= 0.6 is 0 Å². The standard InChI is InChI=1S/C15H14N4O3/c1-10(11-5-3-2-4-6-11)16-12-9-14(20)19(15(21)17-12)13-7-8-22-18-13/h2-10,16H,1H3,(H,17,21). The van der Waals surface area contributed by atoms with Crippen LogP contribution in [-0.2, 0) is 0 Å². The van der Waals surface area contributed by atoms with Crippen molar-refractivity contribution in [3.8, 4) is 5.82 Å². The molecular formula is C15H14N4O3. The molecule has 0 amide bonds. The third-order valence-electron chi connectivity index (χ3n) is 3.26. The van der Waals surface area contributed by atoms with Crippen LogP contribution in [-0.4, -0.2) is 14.7 Å². The molecule has 112 valence electrons. The minimum absolute atomic E-state index is 0.0563. The highest BCUT2D eigenvalue weighted by Crippen LogP contribution is 2.15. The fourth-order valence-electron chi connectivity index (χ4n) is 2.17. The highest BCUT2D eigenvalue weighted by atomic mass is 16.5. The Bertz CT molecular complexity index is 835. The monoisotopic (exact) mass is 298 g/mol. The van der Waals surface area contributed by atoms with Crippen molar-refractivity contribution >= 4 is 5.82 Å². The molecule has 2 aromatic heterocycles. The van der Waals surface area contributed by atoms with E-state index in [0.29, 0.717) is 5.82 Å². The molecule has 1 unspecified atom stereocenters. The largest absolute Gasteiger partial charge is 0.365 e. The van der Waals surface area contributed by atoms with Crippen LogP contribution in [0.5, 0.6) is 0 Å². The van der Waals surface area contributed by atoms with Gasteiger partial charge in [0.05, 0.1) is 0 Å². The summed E-state index contributed by atoms with van der Waals surface area (Å²) >= 11 is 0. The summed E-state index contributed by atoms with van der Waals surface area (Å²) in [6.07, 6.45) is 1.30. The molecule has 2 N–H and O–H groups in total. The molecule has 22 heavy (non-hydrogen) atoms. The van der Waals surface area contributed by atoms with E-state index in [1.165, 1.54) is 18.4 Å². The van der Waals surface area contributed by atoms with E-state index in [-0.39, 0.29) is 11.9 Å². The molecule has 0 fully saturated rings. The third-order valence-corrected chi connectivity index (χ3v) is 3.26. The summed E-state index contributed by atoms with van der Waals surface area (Å²) in [5.74, 6) is 0.500. The van der Waals surface area contributed by atoms with E-state index >= 15 is 0 Å². The van der Waals surface area contributed by atoms with Gasteiger partial charge in [0.15, 0.2) is 5.82 Å². The number of rotatable bonds is 4. The molecular weight excluding hydrogens is 284 g/mol. The van der Waals surface area contributed by atoms with E-state index in [1.54, 1.807) is 0 Å². The molecule has 1 aromatic carbocycles. The number of benzene rings is 1. The number of H-pyrrole nitrogens is 1. The summed E-state index contributed by atoms with van der Waals surface area (Å²) < 4.78 is 5.56. The van der Waals surface area contributed by atoms with E-state index in [2.05, 4.69) is 20.0 Å². The minimum Gasteiger partial charge on any atom is -0.365 e. The molecule has 3 rings (SSSR count). The Kier molecular flexibility index (Phi) is 3.61. The van der Waals surface area contributed by atoms with Crippen molar-refractivity contribution in [2.45, 2.75) is 13.0 Å². The second-order valence-electron chi connectivity index (χ2n) is 4.80. The number of hydrogen-bond donors (Lipinski definition) is 2. The fraction of sp³-hybridized carbons (Fsp3) is 0.133. The van der Waals surface area contributed by atoms with Crippen molar-refractivity contribution in [1.82, 2.24) is 14.7 Å². The van der Waals surface area contributed by atoms with Gasteiger partial charge in [-0.2, -0.15) is 0 Å². The molecule has 0 radical (unpaired) electrons. The Morgan fingerprint density at radius 1 is 1.23 bits per heavy atom. The lowest BCUT2D eigenvalue weighted by molar-refractivity contribution is 0.415. The maximum atomic E-state index is 12.1. The third kappa shape index (κ3) is 2.69.